The average molecular weight is 474 g/mol. The Labute approximate surface area is 205 Å². The van der Waals surface area contributed by atoms with Gasteiger partial charge in [-0.1, -0.05) is 35.5 Å². The van der Waals surface area contributed by atoms with Gasteiger partial charge in [0.1, 0.15) is 17.3 Å². The highest BCUT2D eigenvalue weighted by molar-refractivity contribution is 5.90. The molecule has 1 saturated carbocycles. The van der Waals surface area contributed by atoms with E-state index in [4.69, 9.17) is 14.0 Å². The number of aromatic nitrogens is 2. The number of aryl methyl sites for hydroxylation is 1. The molecule has 1 aliphatic carbocycles. The molecule has 35 heavy (non-hydrogen) atoms. The van der Waals surface area contributed by atoms with E-state index in [2.05, 4.69) is 27.2 Å². The van der Waals surface area contributed by atoms with Gasteiger partial charge in [-0.25, -0.2) is 9.78 Å². The average Bonchev–Trinajstić information content (AvgIpc) is 3.58. The Bertz CT molecular complexity index is 1210. The molecule has 182 valence electrons. The Balaban J connectivity index is 1.16. The van der Waals surface area contributed by atoms with Crippen molar-refractivity contribution in [3.05, 3.63) is 65.0 Å². The van der Waals surface area contributed by atoms with Crippen molar-refractivity contribution < 1.29 is 18.8 Å². The minimum atomic E-state index is -0.342. The number of nitrogens with zero attached hydrogens (tertiary/aromatic N) is 3. The molecule has 4 heterocycles. The lowest BCUT2D eigenvalue weighted by Gasteiger charge is -2.39. The van der Waals surface area contributed by atoms with Crippen molar-refractivity contribution in [1.82, 2.24) is 10.1 Å². The van der Waals surface area contributed by atoms with Gasteiger partial charge in [0.05, 0.1) is 25.4 Å². The van der Waals surface area contributed by atoms with E-state index in [9.17, 15) is 4.79 Å². The summed E-state index contributed by atoms with van der Waals surface area (Å²) in [6.07, 6.45) is 8.40. The van der Waals surface area contributed by atoms with E-state index < -0.39 is 0 Å². The number of pyridine rings is 1. The number of carbonyl (C=O) groups excluding carboxylic acids is 1. The molecule has 3 fully saturated rings. The molecule has 0 amide bonds. The first-order valence-corrected chi connectivity index (χ1v) is 12.6. The second-order valence-corrected chi connectivity index (χ2v) is 10.1. The van der Waals surface area contributed by atoms with E-state index in [0.29, 0.717) is 30.2 Å². The van der Waals surface area contributed by atoms with Crippen LogP contribution in [0.1, 0.15) is 71.7 Å². The summed E-state index contributed by atoms with van der Waals surface area (Å²) in [4.78, 5) is 19.0. The van der Waals surface area contributed by atoms with Gasteiger partial charge >= 0.3 is 5.97 Å². The van der Waals surface area contributed by atoms with Gasteiger partial charge in [0.25, 0.3) is 0 Å². The first-order chi connectivity index (χ1) is 17.1. The Morgan fingerprint density at radius 1 is 1.11 bits per heavy atom. The van der Waals surface area contributed by atoms with Gasteiger partial charge in [0.2, 0.25) is 0 Å². The van der Waals surface area contributed by atoms with Crippen LogP contribution >= 0.6 is 0 Å². The molecule has 3 atom stereocenters. The number of piperidine rings is 1. The minimum absolute atomic E-state index is 0.199. The van der Waals surface area contributed by atoms with Crippen molar-refractivity contribution in [2.75, 3.05) is 12.0 Å². The van der Waals surface area contributed by atoms with Gasteiger partial charge in [-0.2, -0.15) is 0 Å². The van der Waals surface area contributed by atoms with Crippen molar-refractivity contribution in [3.63, 3.8) is 0 Å². The van der Waals surface area contributed by atoms with Crippen LogP contribution in [0.15, 0.2) is 47.1 Å². The van der Waals surface area contributed by atoms with E-state index in [0.717, 1.165) is 59.6 Å². The third-order valence-electron chi connectivity index (χ3n) is 7.73. The van der Waals surface area contributed by atoms with Gasteiger partial charge in [-0.15, -0.1) is 0 Å². The van der Waals surface area contributed by atoms with Crippen molar-refractivity contribution >= 4 is 11.8 Å². The summed E-state index contributed by atoms with van der Waals surface area (Å²) in [6, 6.07) is 13.1. The summed E-state index contributed by atoms with van der Waals surface area (Å²) in [5, 5.41) is 4.43. The lowest BCUT2D eigenvalue weighted by Crippen LogP contribution is -2.46. The maximum absolute atomic E-state index is 12.0. The highest BCUT2D eigenvalue weighted by Crippen LogP contribution is 2.45. The second-order valence-electron chi connectivity index (χ2n) is 10.1. The number of ether oxygens (including phenoxy) is 2. The molecule has 0 spiro atoms. The molecule has 2 aliphatic heterocycles. The predicted molar refractivity (Wildman–Crippen MR) is 131 cm³/mol. The normalized spacial score (nSPS) is 23.5. The van der Waals surface area contributed by atoms with Crippen LogP contribution < -0.4 is 4.90 Å². The number of carbonyl (C=O) groups is 1. The smallest absolute Gasteiger partial charge is 0.339 e. The summed E-state index contributed by atoms with van der Waals surface area (Å²) in [5.41, 5.74) is 4.53. The highest BCUT2D eigenvalue weighted by atomic mass is 16.5. The number of fused-ring (bicyclic) bond motifs is 2. The number of anilines is 1. The summed E-state index contributed by atoms with van der Waals surface area (Å²) in [5.74, 6) is 2.10. The van der Waals surface area contributed by atoms with Crippen LogP contribution in [0.2, 0.25) is 0 Å². The zero-order valence-corrected chi connectivity index (χ0v) is 20.3. The van der Waals surface area contributed by atoms with Crippen molar-refractivity contribution in [3.8, 4) is 11.3 Å². The largest absolute Gasteiger partial charge is 0.465 e. The molecule has 0 radical (unpaired) electrons. The topological polar surface area (TPSA) is 77.7 Å². The lowest BCUT2D eigenvalue weighted by atomic mass is 9.98. The Kier molecular flexibility index (Phi) is 5.80. The molecule has 2 bridgehead atoms. The predicted octanol–water partition coefficient (Wildman–Crippen LogP) is 5.43. The van der Waals surface area contributed by atoms with E-state index >= 15 is 0 Å². The molecule has 6 rings (SSSR count). The van der Waals surface area contributed by atoms with Crippen LogP contribution in [0.5, 0.6) is 0 Å². The molecule has 1 aromatic carbocycles. The van der Waals surface area contributed by atoms with Crippen LogP contribution in [-0.4, -0.2) is 41.4 Å². The summed E-state index contributed by atoms with van der Waals surface area (Å²) in [6.45, 7) is 2.48. The molecule has 3 aliphatic rings. The zero-order chi connectivity index (χ0) is 23.9. The van der Waals surface area contributed by atoms with Gasteiger partial charge in [-0.3, -0.25) is 0 Å². The minimum Gasteiger partial charge on any atom is -0.465 e. The first kappa shape index (κ1) is 22.3. The molecular formula is C28H31N3O4. The van der Waals surface area contributed by atoms with Crippen molar-refractivity contribution in [2.45, 2.75) is 76.2 Å². The molecule has 2 saturated heterocycles. The number of hydrogen-bond donors (Lipinski definition) is 0. The molecule has 7 heteroatoms. The van der Waals surface area contributed by atoms with Gasteiger partial charge in [-0.05, 0) is 57.1 Å². The molecule has 7 nitrogen and oxygen atoms in total. The molecule has 2 unspecified atom stereocenters. The van der Waals surface area contributed by atoms with E-state index in [1.54, 1.807) is 6.20 Å². The third-order valence-corrected chi connectivity index (χ3v) is 7.73. The van der Waals surface area contributed by atoms with Crippen molar-refractivity contribution in [2.24, 2.45) is 0 Å². The lowest BCUT2D eigenvalue weighted by molar-refractivity contribution is 0.0146. The van der Waals surface area contributed by atoms with Crippen LogP contribution in [0.25, 0.3) is 11.3 Å². The van der Waals surface area contributed by atoms with Gasteiger partial charge in [0.15, 0.2) is 0 Å². The number of methoxy groups -OCH3 is 1. The number of hydrogen-bond acceptors (Lipinski definition) is 7. The fourth-order valence-electron chi connectivity index (χ4n) is 5.80. The van der Waals surface area contributed by atoms with E-state index in [-0.39, 0.29) is 12.1 Å². The maximum Gasteiger partial charge on any atom is 0.339 e. The Hall–Kier alpha value is -3.19. The summed E-state index contributed by atoms with van der Waals surface area (Å²) in [7, 11) is 1.40. The number of benzene rings is 1. The Morgan fingerprint density at radius 2 is 1.86 bits per heavy atom. The second kappa shape index (κ2) is 9.11. The molecular weight excluding hydrogens is 442 g/mol. The van der Waals surface area contributed by atoms with Crippen LogP contribution in [0.3, 0.4) is 0 Å². The monoisotopic (exact) mass is 473 g/mol. The van der Waals surface area contributed by atoms with Gasteiger partial charge in [0, 0.05) is 35.3 Å². The highest BCUT2D eigenvalue weighted by Gasteiger charge is 2.42. The van der Waals surface area contributed by atoms with E-state index in [1.807, 2.05) is 31.2 Å². The van der Waals surface area contributed by atoms with Crippen LogP contribution in [0.4, 0.5) is 5.82 Å². The summed E-state index contributed by atoms with van der Waals surface area (Å²) >= 11 is 0. The van der Waals surface area contributed by atoms with Gasteiger partial charge < -0.3 is 18.9 Å². The Morgan fingerprint density at radius 3 is 2.51 bits per heavy atom. The fourth-order valence-corrected chi connectivity index (χ4v) is 5.80. The SMILES string of the molecule is COC(=O)c1cnc(N2C3CC[C@H]2CC(OCc2c(-c4ccccc4)noc2C2CC2)C3)cc1C. The van der Waals surface area contributed by atoms with Crippen LogP contribution in [0, 0.1) is 6.92 Å². The summed E-state index contributed by atoms with van der Waals surface area (Å²) < 4.78 is 17.2. The molecule has 3 aromatic rings. The number of esters is 1. The molecule has 2 aromatic heterocycles. The zero-order valence-electron chi connectivity index (χ0n) is 20.3. The maximum atomic E-state index is 12.0. The number of rotatable bonds is 7. The first-order valence-electron chi connectivity index (χ1n) is 12.6. The third kappa shape index (κ3) is 4.22. The fraction of sp³-hybridized carbons (Fsp3) is 0.464. The quantitative estimate of drug-likeness (QED) is 0.424. The van der Waals surface area contributed by atoms with Crippen molar-refractivity contribution in [1.29, 1.82) is 0 Å². The van der Waals surface area contributed by atoms with Crippen LogP contribution in [-0.2, 0) is 16.1 Å². The molecule has 0 N–H and O–H groups in total. The van der Waals surface area contributed by atoms with E-state index in [1.165, 1.54) is 20.0 Å². The standard InChI is InChI=1S/C28H31N3O4/c1-17-12-25(29-15-23(17)28(32)33-2)31-20-10-11-21(31)14-22(13-20)34-16-24-26(18-6-4-3-5-7-18)30-35-27(24)19-8-9-19/h3-7,12,15,19-22H,8-11,13-14,16H2,1-2H3/t20-,21?,22?/m0/s1.